The molecule has 2 aromatic heterocycles. The number of rotatable bonds is 2. The zero-order valence-electron chi connectivity index (χ0n) is 27.5. The Hall–Kier alpha value is -6.51. The Kier molecular flexibility index (Phi) is 5.62. The van der Waals surface area contributed by atoms with Gasteiger partial charge >= 0.3 is 0 Å². The van der Waals surface area contributed by atoms with Crippen LogP contribution in [-0.2, 0) is 0 Å². The van der Waals surface area contributed by atoms with Crippen molar-refractivity contribution in [3.05, 3.63) is 169 Å². The summed E-state index contributed by atoms with van der Waals surface area (Å²) in [7, 11) is 0. The fourth-order valence-corrected chi connectivity index (χ4v) is 8.81. The Labute approximate surface area is 288 Å². The molecular weight excluding hydrogens is 605 g/mol. The van der Waals surface area contributed by atoms with Crippen LogP contribution in [0.1, 0.15) is 5.56 Å². The van der Waals surface area contributed by atoms with Gasteiger partial charge in [-0.25, -0.2) is 4.98 Å². The minimum atomic E-state index is 0.955. The Morgan fingerprint density at radius 2 is 0.880 bits per heavy atom. The largest absolute Gasteiger partial charge is 0.293 e. The number of hydrogen-bond donors (Lipinski definition) is 0. The molecule has 0 atom stereocenters. The SMILES string of the molecule is Cc1c(-c2ccccc2)c(-n2c3ccc4ccccc4c3c3c4c5ccccc5c5ccccc5c4ccc32)nc2ccc3ccccc3c12. The molecule has 0 aliphatic heterocycles. The maximum absolute atomic E-state index is 5.64. The van der Waals surface area contributed by atoms with E-state index in [-0.39, 0.29) is 0 Å². The number of nitrogens with zero attached hydrogens (tertiary/aromatic N) is 2. The third-order valence-electron chi connectivity index (χ3n) is 10.9. The lowest BCUT2D eigenvalue weighted by molar-refractivity contribution is 1.10. The van der Waals surface area contributed by atoms with E-state index >= 15 is 0 Å². The molecule has 2 heterocycles. The second kappa shape index (κ2) is 10.2. The first-order valence-corrected chi connectivity index (χ1v) is 17.3. The minimum absolute atomic E-state index is 0.955. The highest BCUT2D eigenvalue weighted by Crippen LogP contribution is 2.47. The van der Waals surface area contributed by atoms with Crippen molar-refractivity contribution in [3.63, 3.8) is 0 Å². The molecular formula is C48H30N2. The fraction of sp³-hybridized carbons (Fsp3) is 0.0208. The van der Waals surface area contributed by atoms with Gasteiger partial charge in [-0.3, -0.25) is 4.57 Å². The van der Waals surface area contributed by atoms with Crippen molar-refractivity contribution in [1.82, 2.24) is 9.55 Å². The van der Waals surface area contributed by atoms with E-state index in [0.29, 0.717) is 0 Å². The monoisotopic (exact) mass is 634 g/mol. The van der Waals surface area contributed by atoms with Crippen LogP contribution in [0.2, 0.25) is 0 Å². The lowest BCUT2D eigenvalue weighted by Crippen LogP contribution is -2.04. The van der Waals surface area contributed by atoms with Gasteiger partial charge in [0.1, 0.15) is 5.82 Å². The van der Waals surface area contributed by atoms with Crippen molar-refractivity contribution in [2.75, 3.05) is 0 Å². The Morgan fingerprint density at radius 3 is 1.58 bits per heavy atom. The minimum Gasteiger partial charge on any atom is -0.293 e. The van der Waals surface area contributed by atoms with Gasteiger partial charge < -0.3 is 0 Å². The summed E-state index contributed by atoms with van der Waals surface area (Å²) < 4.78 is 2.45. The highest BCUT2D eigenvalue weighted by atomic mass is 15.1. The maximum Gasteiger partial charge on any atom is 0.146 e. The molecule has 0 amide bonds. The van der Waals surface area contributed by atoms with Crippen LogP contribution in [-0.4, -0.2) is 9.55 Å². The Bertz CT molecular complexity index is 3170. The second-order valence-electron chi connectivity index (χ2n) is 13.5. The lowest BCUT2D eigenvalue weighted by atomic mass is 9.91. The number of aryl methyl sites for hydroxylation is 1. The zero-order valence-corrected chi connectivity index (χ0v) is 27.5. The summed E-state index contributed by atoms with van der Waals surface area (Å²) in [5, 5.41) is 16.4. The van der Waals surface area contributed by atoms with E-state index in [0.717, 1.165) is 33.5 Å². The van der Waals surface area contributed by atoms with Crippen LogP contribution >= 0.6 is 0 Å². The van der Waals surface area contributed by atoms with Crippen molar-refractivity contribution < 1.29 is 0 Å². The summed E-state index contributed by atoms with van der Waals surface area (Å²) in [5.74, 6) is 0.955. The van der Waals surface area contributed by atoms with Gasteiger partial charge in [0.2, 0.25) is 0 Å². The molecule has 11 aromatic rings. The standard InChI is InChI=1S/C48H30N2/c1-29-43(32-15-3-2-4-16-32)48(49-40-26-23-30-13-5-7-17-33(30)44(29)40)50-41-27-24-31-14-6-8-18-34(31)46(41)47-42(50)28-25-39-37-21-10-9-19-35(37)36-20-11-12-22-38(36)45(39)47/h2-28H,1H3. The molecule has 0 bridgehead atoms. The summed E-state index contributed by atoms with van der Waals surface area (Å²) >= 11 is 0. The maximum atomic E-state index is 5.64. The van der Waals surface area contributed by atoms with Crippen LogP contribution in [0.25, 0.3) is 104 Å². The third kappa shape index (κ3) is 3.65. The molecule has 0 unspecified atom stereocenters. The van der Waals surface area contributed by atoms with Gasteiger partial charge in [-0.1, -0.05) is 146 Å². The highest BCUT2D eigenvalue weighted by molar-refractivity contribution is 6.38. The van der Waals surface area contributed by atoms with Crippen LogP contribution in [0.5, 0.6) is 0 Å². The normalized spacial score (nSPS) is 12.1. The van der Waals surface area contributed by atoms with Crippen LogP contribution in [0.15, 0.2) is 164 Å². The number of hydrogen-bond acceptors (Lipinski definition) is 1. The quantitative estimate of drug-likeness (QED) is 0.173. The van der Waals surface area contributed by atoms with Gasteiger partial charge in [-0.2, -0.15) is 0 Å². The molecule has 0 radical (unpaired) electrons. The predicted molar refractivity (Wildman–Crippen MR) is 214 cm³/mol. The fourth-order valence-electron chi connectivity index (χ4n) is 8.81. The van der Waals surface area contributed by atoms with E-state index in [9.17, 15) is 0 Å². The third-order valence-corrected chi connectivity index (χ3v) is 10.9. The van der Waals surface area contributed by atoms with E-state index in [1.54, 1.807) is 0 Å². The first-order valence-electron chi connectivity index (χ1n) is 17.3. The van der Waals surface area contributed by atoms with Crippen LogP contribution < -0.4 is 0 Å². The van der Waals surface area contributed by atoms with Crippen molar-refractivity contribution in [2.24, 2.45) is 0 Å². The van der Waals surface area contributed by atoms with E-state index in [4.69, 9.17) is 4.98 Å². The average molecular weight is 635 g/mol. The molecule has 11 rings (SSSR count). The molecule has 0 saturated heterocycles. The van der Waals surface area contributed by atoms with Crippen molar-refractivity contribution in [1.29, 1.82) is 0 Å². The second-order valence-corrected chi connectivity index (χ2v) is 13.5. The van der Waals surface area contributed by atoms with Crippen LogP contribution in [0.4, 0.5) is 0 Å². The van der Waals surface area contributed by atoms with Crippen molar-refractivity contribution >= 4 is 86.6 Å². The summed E-state index contributed by atoms with van der Waals surface area (Å²) in [5.41, 5.74) is 6.88. The smallest absolute Gasteiger partial charge is 0.146 e. The number of aromatic nitrogens is 2. The van der Waals surface area contributed by atoms with Gasteiger partial charge in [0, 0.05) is 27.1 Å². The van der Waals surface area contributed by atoms with Crippen molar-refractivity contribution in [3.8, 4) is 16.9 Å². The summed E-state index contributed by atoms with van der Waals surface area (Å²) in [6.07, 6.45) is 0. The molecule has 232 valence electrons. The van der Waals surface area contributed by atoms with Gasteiger partial charge in [0.05, 0.1) is 16.6 Å². The van der Waals surface area contributed by atoms with E-state index < -0.39 is 0 Å². The number of benzene rings is 9. The average Bonchev–Trinajstić information content (AvgIpc) is 3.53. The molecule has 2 heteroatoms. The molecule has 0 aliphatic rings. The van der Waals surface area contributed by atoms with E-state index in [1.807, 2.05) is 0 Å². The molecule has 2 nitrogen and oxygen atoms in total. The molecule has 0 N–H and O–H groups in total. The molecule has 0 aliphatic carbocycles. The Balaban J connectivity index is 1.41. The first kappa shape index (κ1) is 27.4. The van der Waals surface area contributed by atoms with E-state index in [1.165, 1.54) is 75.6 Å². The lowest BCUT2D eigenvalue weighted by Gasteiger charge is -2.19. The van der Waals surface area contributed by atoms with Crippen LogP contribution in [0, 0.1) is 6.92 Å². The summed E-state index contributed by atoms with van der Waals surface area (Å²) in [6.45, 7) is 2.28. The Morgan fingerprint density at radius 1 is 0.380 bits per heavy atom. The predicted octanol–water partition coefficient (Wildman–Crippen LogP) is 13.1. The van der Waals surface area contributed by atoms with Crippen LogP contribution in [0.3, 0.4) is 0 Å². The molecule has 0 saturated carbocycles. The van der Waals surface area contributed by atoms with Gasteiger partial charge in [-0.05, 0) is 84.7 Å². The molecule has 50 heavy (non-hydrogen) atoms. The van der Waals surface area contributed by atoms with E-state index in [2.05, 4.69) is 175 Å². The summed E-state index contributed by atoms with van der Waals surface area (Å²) in [4.78, 5) is 5.64. The van der Waals surface area contributed by atoms with Gasteiger partial charge in [-0.15, -0.1) is 0 Å². The molecule has 0 fully saturated rings. The highest BCUT2D eigenvalue weighted by Gasteiger charge is 2.24. The molecule has 9 aromatic carbocycles. The zero-order chi connectivity index (χ0) is 32.9. The first-order chi connectivity index (χ1) is 24.8. The number of pyridine rings is 1. The van der Waals surface area contributed by atoms with Gasteiger partial charge in [0.15, 0.2) is 0 Å². The topological polar surface area (TPSA) is 17.8 Å². The van der Waals surface area contributed by atoms with Gasteiger partial charge in [0.25, 0.3) is 0 Å². The van der Waals surface area contributed by atoms with Crippen molar-refractivity contribution in [2.45, 2.75) is 6.92 Å². The molecule has 0 spiro atoms. The summed E-state index contributed by atoms with van der Waals surface area (Å²) in [6, 6.07) is 59.8. The number of fused-ring (bicyclic) bond motifs is 15.